The molecule has 0 bridgehead atoms. The molecule has 15 aromatic rings. The zero-order valence-electron chi connectivity index (χ0n) is 81.9. The molecule has 0 fully saturated rings. The van der Waals surface area contributed by atoms with Gasteiger partial charge in [0.1, 0.15) is 28.7 Å². The Balaban J connectivity index is 0.000000166. The average molecular weight is 2150 g/mol. The van der Waals surface area contributed by atoms with E-state index in [1.807, 2.05) is 84.9 Å². The van der Waals surface area contributed by atoms with Gasteiger partial charge in [0.25, 0.3) is 0 Å². The van der Waals surface area contributed by atoms with E-state index < -0.39 is 11.9 Å². The molecule has 20 rings (SSSR count). The molecule has 0 radical (unpaired) electrons. The van der Waals surface area contributed by atoms with Gasteiger partial charge in [-0.2, -0.15) is 10.5 Å². The maximum absolute atomic E-state index is 12.6. The summed E-state index contributed by atoms with van der Waals surface area (Å²) in [4.78, 5) is 40.9. The number of halogens is 5. The summed E-state index contributed by atoms with van der Waals surface area (Å²) in [7, 11) is 10.0. The number of nitrogens with two attached hydrogens (primary N) is 1. The summed E-state index contributed by atoms with van der Waals surface area (Å²) in [5, 5.41) is 36.7. The van der Waals surface area contributed by atoms with Crippen LogP contribution < -0.4 is 48.3 Å². The van der Waals surface area contributed by atoms with Crippen molar-refractivity contribution < 1.29 is 83.8 Å². The van der Waals surface area contributed by atoms with Crippen LogP contribution in [0.4, 0.5) is 0 Å². The van der Waals surface area contributed by atoms with Crippen LogP contribution in [-0.4, -0.2) is 126 Å². The fraction of sp³-hybridized carbons (Fsp3) is 0.345. The quantitative estimate of drug-likeness (QED) is 0.0130. The zero-order valence-corrected chi connectivity index (χ0v) is 87.1. The Bertz CT molecular complexity index is 6550. The van der Waals surface area contributed by atoms with Gasteiger partial charge in [-0.3, -0.25) is 20.1 Å². The van der Waals surface area contributed by atoms with Gasteiger partial charge in [-0.25, -0.2) is 4.79 Å². The minimum absolute atomic E-state index is 0. The van der Waals surface area contributed by atoms with Crippen molar-refractivity contribution >= 4 is 163 Å². The van der Waals surface area contributed by atoms with E-state index in [9.17, 15) is 19.6 Å². The van der Waals surface area contributed by atoms with E-state index in [-0.39, 0.29) is 70.5 Å². The third kappa shape index (κ3) is 25.5. The summed E-state index contributed by atoms with van der Waals surface area (Å²) in [5.41, 5.74) is 30.0. The number of alkyl halides is 1. The van der Waals surface area contributed by atoms with Gasteiger partial charge in [0, 0.05) is 107 Å². The van der Waals surface area contributed by atoms with E-state index >= 15 is 0 Å². The summed E-state index contributed by atoms with van der Waals surface area (Å²) < 4.78 is 45.9. The van der Waals surface area contributed by atoms with Crippen molar-refractivity contribution in [2.75, 3.05) is 48.5 Å². The van der Waals surface area contributed by atoms with Crippen LogP contribution in [0.15, 0.2) is 237 Å². The maximum atomic E-state index is 12.6. The molecule has 5 unspecified atom stereocenters. The Kier molecular flexibility index (Phi) is 42.0. The van der Waals surface area contributed by atoms with Crippen molar-refractivity contribution in [1.29, 1.82) is 5.26 Å². The first-order chi connectivity index (χ1) is 68.0. The SMILES string of the molecule is BrB(Br)Br.COC(=O)C1CCCCc2c1c1c(OC)cccc1n2Cc1ccccc1.COc1ccc(Cl)c2c1c1c(n2Cc2ccccc2)CCCCC1CC#N.COc1cccc2c1c1c(n2Cc2ccccc2)CCCCC1C(=O)OO.COc1cccc2c1c1c(n2Cc2ccccc2)CCCCC1CC(N)=O.COc1cccc2c1c1c(n2Cc2ccccc2)CCCCC1CCl.OO.[AlH3].[H-].[Li+]. The van der Waals surface area contributed by atoms with Crippen LogP contribution in [0.25, 0.3) is 54.5 Å². The third-order valence-corrected chi connectivity index (χ3v) is 28.5. The summed E-state index contributed by atoms with van der Waals surface area (Å²) in [6, 6.07) is 83.4. The van der Waals surface area contributed by atoms with Crippen LogP contribution >= 0.6 is 70.5 Å². The van der Waals surface area contributed by atoms with E-state index in [0.29, 0.717) is 31.1 Å². The molecule has 1 amide bonds. The molecule has 5 aliphatic carbocycles. The van der Waals surface area contributed by atoms with Crippen molar-refractivity contribution in [3.63, 3.8) is 0 Å². The van der Waals surface area contributed by atoms with Gasteiger partial charge in [-0.1, -0.05) is 220 Å². The Morgan fingerprint density at radius 1 is 0.397 bits per heavy atom. The number of ether oxygens (including phenoxy) is 6. The van der Waals surface area contributed by atoms with Crippen LogP contribution in [0.1, 0.15) is 224 Å². The Hall–Kier alpha value is -10.1. The van der Waals surface area contributed by atoms with Crippen LogP contribution in [-0.2, 0) is 88.8 Å². The fourth-order valence-corrected chi connectivity index (χ4v) is 22.5. The largest absolute Gasteiger partial charge is 1.00 e. The molecule has 141 heavy (non-hydrogen) atoms. The molecular weight excluding hydrogens is 2020 g/mol. The molecule has 5 atom stereocenters. The molecule has 0 aliphatic heterocycles. The Morgan fingerprint density at radius 2 is 0.681 bits per heavy atom. The van der Waals surface area contributed by atoms with Crippen molar-refractivity contribution in [2.45, 2.75) is 204 Å². The number of nitrogens with zero attached hydrogens (tertiary/aromatic N) is 6. The summed E-state index contributed by atoms with van der Waals surface area (Å²) in [6.45, 7) is 4.01. The second-order valence-corrected chi connectivity index (χ2v) is 43.0. The summed E-state index contributed by atoms with van der Waals surface area (Å²) in [6.07, 6.45) is 21.7. The Labute approximate surface area is 886 Å². The van der Waals surface area contributed by atoms with E-state index in [2.05, 4.69) is 233 Å². The van der Waals surface area contributed by atoms with Crippen molar-refractivity contribution in [3.05, 3.63) is 326 Å². The van der Waals surface area contributed by atoms with Gasteiger partial charge < -0.3 is 63.3 Å². The molecule has 10 aromatic carbocycles. The minimum atomic E-state index is -0.595. The van der Waals surface area contributed by atoms with Crippen molar-refractivity contribution in [3.8, 4) is 34.8 Å². The molecule has 20 nitrogen and oxygen atoms in total. The second kappa shape index (κ2) is 54.0. The number of esters is 1. The third-order valence-electron chi connectivity index (χ3n) is 27.8. The molecule has 5 aromatic heterocycles. The monoisotopic (exact) mass is 2140 g/mol. The number of methoxy groups -OCH3 is 6. The second-order valence-electron chi connectivity index (χ2n) is 35.8. The number of hydrogen-bond acceptors (Lipinski definition) is 14. The molecule has 0 saturated heterocycles. The van der Waals surface area contributed by atoms with E-state index in [1.165, 1.54) is 110 Å². The first-order valence-corrected chi connectivity index (χ1v) is 51.7. The number of hydrogen-bond donors (Lipinski definition) is 4. The molecule has 5 aliphatic rings. The van der Waals surface area contributed by atoms with E-state index in [0.717, 1.165) is 224 Å². The number of rotatable bonds is 21. The fourth-order valence-electron chi connectivity index (χ4n) is 21.9. The molecule has 0 saturated carbocycles. The van der Waals surface area contributed by atoms with Gasteiger partial charge in [-0.05, 0) is 230 Å². The van der Waals surface area contributed by atoms with Gasteiger partial charge in [0.2, 0.25) is 5.91 Å². The van der Waals surface area contributed by atoms with E-state index in [4.69, 9.17) is 73.1 Å². The summed E-state index contributed by atoms with van der Waals surface area (Å²) in [5.74, 6) is 4.07. The van der Waals surface area contributed by atoms with Crippen LogP contribution in [0.5, 0.6) is 28.7 Å². The topological polar surface area (TPSA) is 251 Å². The van der Waals surface area contributed by atoms with Crippen molar-refractivity contribution in [2.24, 2.45) is 5.73 Å². The predicted octanol–water partition coefficient (Wildman–Crippen LogP) is 23.5. The number of fused-ring (bicyclic) bond motifs is 15. The van der Waals surface area contributed by atoms with Crippen molar-refractivity contribution in [1.82, 2.24) is 22.8 Å². The molecule has 734 valence electrons. The molecule has 28 heteroatoms. The number of benzene rings is 10. The molecule has 5 heterocycles. The number of nitriles is 1. The van der Waals surface area contributed by atoms with E-state index in [1.54, 1.807) is 35.5 Å². The zero-order chi connectivity index (χ0) is 98.0. The minimum Gasteiger partial charge on any atom is -1.00 e. The number of primary amides is 1. The summed E-state index contributed by atoms with van der Waals surface area (Å²) >= 11 is 22.4. The van der Waals surface area contributed by atoms with Crippen LogP contribution in [0.2, 0.25) is 5.02 Å². The number of aromatic nitrogens is 5. The number of carbonyl (C=O) groups is 3. The van der Waals surface area contributed by atoms with Crippen LogP contribution in [0, 0.1) is 11.3 Å². The normalized spacial score (nSPS) is 16.0. The standard InChI is InChI=1S/C23H23ClN2O.C23H26N2O2.C23H25NO3.C22H24ClNO.C22H23NO4.Al.BBr3.Li.H2O2.4H/c1-27-20-12-11-18(24)23-22(20)21-17(13-14-25)9-5-6-10-19(21)26(23)15-16-7-3-2-4-8-16;1-27-20-13-7-12-19-23(20)22-17(14-21(24)26)10-5-6-11-18(22)25(19)15-16-8-3-2-4-9-16;1-26-20-14-8-13-19-22(20)21-17(23(25)27-2)11-6-7-12-18(21)24(19)15-16-9-4-3-5-10-16;1-25-20-13-7-12-19-22(20)21-17(14-23)10-5-6-11-18(21)24(19)15-16-8-3-2-4-9-16;1-26-19-13-7-12-18-21(19)20-16(22(24)27-25)10-5-6-11-17(20)23(18)14-15-8-3-2-4-9-15;;2-1(3)4;;1-2;;;;/h2-4,7-8,11-12,17H,5-6,9-10,13,15H2,1H3;2-4,7-9,12-13,17H,5-6,10-11,14-15H2,1H3,(H2,24,26);3-5,8-10,13-14,17H,6-7,11-12,15H2,1-2H3;2-4,7-9,12-13,17H,5-6,10-11,14-15H2,1H3;2-4,7-9,12-13,16,25H,5-6,10-11,14H2,1H3;;;;1-2H;;;;/q;;;;;;;+1;;;;;-1. The molecular formula is C113H127AlBBr3Cl2LiN7O13. The number of carbonyl (C=O) groups excluding carboxylic acids is 3. The number of amides is 1. The first-order valence-electron chi connectivity index (χ1n) is 48.0. The average Bonchev–Trinajstić information content (AvgIpc) is 1.59. The van der Waals surface area contributed by atoms with Gasteiger partial charge in [0.05, 0.1) is 93.2 Å². The van der Waals surface area contributed by atoms with Gasteiger partial charge >= 0.3 is 34.0 Å². The van der Waals surface area contributed by atoms with Gasteiger partial charge in [-0.15, -0.1) is 58.9 Å². The maximum Gasteiger partial charge on any atom is 1.00 e. The Morgan fingerprint density at radius 3 is 1.00 bits per heavy atom. The molecule has 5 N–H and O–H groups in total. The van der Waals surface area contributed by atoms with Crippen LogP contribution in [0.3, 0.4) is 0 Å². The first kappa shape index (κ1) is 110. The van der Waals surface area contributed by atoms with Gasteiger partial charge in [0.15, 0.2) is 17.4 Å². The smallest absolute Gasteiger partial charge is 1.00 e. The predicted molar refractivity (Wildman–Crippen MR) is 581 cm³/mol. The molecule has 0 spiro atoms.